The van der Waals surface area contributed by atoms with Crippen molar-refractivity contribution in [1.82, 2.24) is 13.5 Å². The van der Waals surface area contributed by atoms with Crippen LogP contribution >= 0.6 is 11.6 Å². The molecule has 0 saturated carbocycles. The number of methoxy groups -OCH3 is 1. The number of aromatic nitrogens is 3. The van der Waals surface area contributed by atoms with E-state index in [2.05, 4.69) is 4.57 Å². The van der Waals surface area contributed by atoms with Crippen molar-refractivity contribution in [1.29, 1.82) is 0 Å². The number of hydrogen-bond acceptors (Lipinski definition) is 4. The third kappa shape index (κ3) is 4.04. The fourth-order valence-electron chi connectivity index (χ4n) is 4.83. The van der Waals surface area contributed by atoms with Gasteiger partial charge in [-0.2, -0.15) is 0 Å². The van der Waals surface area contributed by atoms with Crippen LogP contribution in [0.25, 0.3) is 33.3 Å². The van der Waals surface area contributed by atoms with Gasteiger partial charge in [0.15, 0.2) is 0 Å². The van der Waals surface area contributed by atoms with Gasteiger partial charge in [-0.1, -0.05) is 59.6 Å². The summed E-state index contributed by atoms with van der Waals surface area (Å²) in [5, 5.41) is 1.44. The molecule has 0 N–H and O–H groups in total. The zero-order valence-electron chi connectivity index (χ0n) is 20.8. The monoisotopic (exact) mass is 541 g/mol. The van der Waals surface area contributed by atoms with Crippen LogP contribution in [0, 0.1) is 6.92 Å². The predicted molar refractivity (Wildman–Crippen MR) is 152 cm³/mol. The zero-order chi connectivity index (χ0) is 26.4. The van der Waals surface area contributed by atoms with Gasteiger partial charge in [0.1, 0.15) is 11.6 Å². The number of fused-ring (bicyclic) bond motifs is 2. The van der Waals surface area contributed by atoms with E-state index in [-0.39, 0.29) is 4.90 Å². The minimum absolute atomic E-state index is 0.243. The van der Waals surface area contributed by atoms with Crippen LogP contribution in [0.2, 0.25) is 5.02 Å². The van der Waals surface area contributed by atoms with Crippen LogP contribution < -0.4 is 4.74 Å². The summed E-state index contributed by atoms with van der Waals surface area (Å²) in [4.78, 5) is 5.16. The fourth-order valence-corrected chi connectivity index (χ4v) is 6.39. The van der Waals surface area contributed by atoms with Crippen molar-refractivity contribution in [3.8, 4) is 17.1 Å². The maximum Gasteiger partial charge on any atom is 0.268 e. The molecular formula is C30H24ClN3O3S. The van der Waals surface area contributed by atoms with E-state index in [1.54, 1.807) is 25.4 Å². The van der Waals surface area contributed by atoms with Gasteiger partial charge in [0.2, 0.25) is 0 Å². The molecule has 0 aliphatic rings. The van der Waals surface area contributed by atoms with Gasteiger partial charge >= 0.3 is 0 Å². The molecule has 6 rings (SSSR count). The smallest absolute Gasteiger partial charge is 0.268 e. The largest absolute Gasteiger partial charge is 0.496 e. The second-order valence-corrected chi connectivity index (χ2v) is 11.4. The Hall–Kier alpha value is -4.07. The van der Waals surface area contributed by atoms with Crippen LogP contribution in [0.1, 0.15) is 11.1 Å². The number of aryl methyl sites for hydroxylation is 1. The molecule has 38 heavy (non-hydrogen) atoms. The molecule has 190 valence electrons. The average Bonchev–Trinajstić information content (AvgIpc) is 3.47. The summed E-state index contributed by atoms with van der Waals surface area (Å²) in [5.74, 6) is 1.40. The highest BCUT2D eigenvalue weighted by Crippen LogP contribution is 2.35. The van der Waals surface area contributed by atoms with Gasteiger partial charge in [0, 0.05) is 16.6 Å². The van der Waals surface area contributed by atoms with Crippen LogP contribution in [0.5, 0.6) is 5.75 Å². The number of imidazole rings is 1. The van der Waals surface area contributed by atoms with Crippen molar-refractivity contribution >= 4 is 43.6 Å². The minimum atomic E-state index is -3.81. The van der Waals surface area contributed by atoms with E-state index in [4.69, 9.17) is 21.3 Å². The SMILES string of the molecule is COc1ccccc1-c1nc2cc(Cl)ccc2n1Cc1cn(S(=O)(=O)c2ccc(C)cc2)c2ccccc12. The standard InChI is InChI=1S/C30H24ClN3O3S/c1-20-11-14-23(15-12-20)38(35,36)34-19-21(24-7-3-5-9-27(24)34)18-33-28-16-13-22(31)17-26(28)32-30(33)25-8-4-6-10-29(25)37-2/h3-17,19H,18H2,1-2H3. The summed E-state index contributed by atoms with van der Waals surface area (Å²) in [6.07, 6.45) is 1.72. The van der Waals surface area contributed by atoms with E-state index in [0.717, 1.165) is 33.1 Å². The molecule has 0 amide bonds. The number of hydrogen-bond donors (Lipinski definition) is 0. The van der Waals surface area contributed by atoms with E-state index >= 15 is 0 Å². The molecule has 0 unspecified atom stereocenters. The van der Waals surface area contributed by atoms with Crippen LogP contribution in [-0.2, 0) is 16.6 Å². The molecule has 0 aliphatic carbocycles. The molecule has 0 spiro atoms. The number of benzene rings is 4. The van der Waals surface area contributed by atoms with E-state index in [1.165, 1.54) is 3.97 Å². The lowest BCUT2D eigenvalue weighted by atomic mass is 10.1. The van der Waals surface area contributed by atoms with Crippen molar-refractivity contribution in [2.75, 3.05) is 7.11 Å². The van der Waals surface area contributed by atoms with Crippen LogP contribution in [0.15, 0.2) is 102 Å². The first-order valence-corrected chi connectivity index (χ1v) is 13.9. The Bertz CT molecular complexity index is 1920. The lowest BCUT2D eigenvalue weighted by Gasteiger charge is -2.12. The number of para-hydroxylation sites is 2. The van der Waals surface area contributed by atoms with Crippen molar-refractivity contribution in [3.05, 3.63) is 113 Å². The van der Waals surface area contributed by atoms with Gasteiger partial charge in [-0.05, 0) is 61.0 Å². The zero-order valence-corrected chi connectivity index (χ0v) is 22.4. The van der Waals surface area contributed by atoms with Crippen molar-refractivity contribution < 1.29 is 13.2 Å². The van der Waals surface area contributed by atoms with Gasteiger partial charge in [0.05, 0.1) is 40.7 Å². The first kappa shape index (κ1) is 24.3. The number of nitrogens with zero attached hydrogens (tertiary/aromatic N) is 3. The molecule has 0 saturated heterocycles. The fraction of sp³-hybridized carbons (Fsp3) is 0.100. The van der Waals surface area contributed by atoms with Crippen molar-refractivity contribution in [3.63, 3.8) is 0 Å². The Morgan fingerprint density at radius 2 is 1.63 bits per heavy atom. The van der Waals surface area contributed by atoms with E-state index < -0.39 is 10.0 Å². The summed E-state index contributed by atoms with van der Waals surface area (Å²) < 4.78 is 36.5. The minimum Gasteiger partial charge on any atom is -0.496 e. The van der Waals surface area contributed by atoms with E-state index in [9.17, 15) is 8.42 Å². The molecule has 4 aromatic carbocycles. The quantitative estimate of drug-likeness (QED) is 0.230. The van der Waals surface area contributed by atoms with Crippen LogP contribution in [0.3, 0.4) is 0 Å². The molecule has 0 atom stereocenters. The molecule has 0 radical (unpaired) electrons. The molecule has 6 nitrogen and oxygen atoms in total. The first-order chi connectivity index (χ1) is 18.4. The van der Waals surface area contributed by atoms with Gasteiger partial charge in [0.25, 0.3) is 10.0 Å². The summed E-state index contributed by atoms with van der Waals surface area (Å²) >= 11 is 6.30. The van der Waals surface area contributed by atoms with Gasteiger partial charge in [-0.3, -0.25) is 0 Å². The lowest BCUT2D eigenvalue weighted by molar-refractivity contribution is 0.416. The number of rotatable bonds is 6. The molecule has 0 fully saturated rings. The predicted octanol–water partition coefficient (Wildman–Crippen LogP) is 6.91. The second kappa shape index (κ2) is 9.35. The maximum absolute atomic E-state index is 13.7. The highest BCUT2D eigenvalue weighted by Gasteiger charge is 2.23. The number of ether oxygens (including phenoxy) is 1. The molecular weight excluding hydrogens is 518 g/mol. The Morgan fingerprint density at radius 3 is 2.42 bits per heavy atom. The van der Waals surface area contributed by atoms with Crippen molar-refractivity contribution in [2.24, 2.45) is 0 Å². The summed E-state index contributed by atoms with van der Waals surface area (Å²) in [7, 11) is -2.18. The van der Waals surface area contributed by atoms with Crippen LogP contribution in [-0.4, -0.2) is 29.1 Å². The van der Waals surface area contributed by atoms with Gasteiger partial charge in [-0.15, -0.1) is 0 Å². The van der Waals surface area contributed by atoms with Crippen LogP contribution in [0.4, 0.5) is 0 Å². The molecule has 2 heterocycles. The number of halogens is 1. The molecule has 0 bridgehead atoms. The van der Waals surface area contributed by atoms with Gasteiger partial charge in [-0.25, -0.2) is 17.4 Å². The summed E-state index contributed by atoms with van der Waals surface area (Å²) in [5.41, 5.74) is 4.93. The Balaban J connectivity index is 1.56. The molecule has 0 aliphatic heterocycles. The average molecular weight is 542 g/mol. The Morgan fingerprint density at radius 1 is 0.895 bits per heavy atom. The van der Waals surface area contributed by atoms with E-state index in [1.807, 2.05) is 85.8 Å². The second-order valence-electron chi connectivity index (χ2n) is 9.14. The normalized spacial score (nSPS) is 11.9. The Labute approximate surface area is 225 Å². The topological polar surface area (TPSA) is 66.1 Å². The lowest BCUT2D eigenvalue weighted by Crippen LogP contribution is -2.12. The molecule has 6 aromatic rings. The highest BCUT2D eigenvalue weighted by molar-refractivity contribution is 7.90. The molecule has 2 aromatic heterocycles. The summed E-state index contributed by atoms with van der Waals surface area (Å²) in [6.45, 7) is 2.32. The third-order valence-corrected chi connectivity index (χ3v) is 8.65. The van der Waals surface area contributed by atoms with Gasteiger partial charge < -0.3 is 9.30 Å². The highest BCUT2D eigenvalue weighted by atomic mass is 35.5. The Kier molecular flexibility index (Phi) is 5.97. The third-order valence-electron chi connectivity index (χ3n) is 6.72. The maximum atomic E-state index is 13.7. The van der Waals surface area contributed by atoms with E-state index in [0.29, 0.717) is 28.7 Å². The first-order valence-electron chi connectivity index (χ1n) is 12.1. The van der Waals surface area contributed by atoms with Crippen molar-refractivity contribution in [2.45, 2.75) is 18.4 Å². The summed E-state index contributed by atoms with van der Waals surface area (Å²) in [6, 6.07) is 27.8. The molecule has 8 heteroatoms.